The monoisotopic (exact) mass is 564 g/mol. The van der Waals surface area contributed by atoms with Crippen LogP contribution in [0.3, 0.4) is 0 Å². The van der Waals surface area contributed by atoms with E-state index in [-0.39, 0.29) is 61.2 Å². The fraction of sp³-hybridized carbons (Fsp3) is 0.783. The minimum absolute atomic E-state index is 0.0873. The van der Waals surface area contributed by atoms with Gasteiger partial charge in [-0.3, -0.25) is 0 Å². The number of carbonyl (C=O) groups excluding carboxylic acids is 1. The number of nitrogens with zero attached hydrogens (tertiary/aromatic N) is 4. The van der Waals surface area contributed by atoms with Gasteiger partial charge in [0, 0.05) is 44.9 Å². The lowest BCUT2D eigenvalue weighted by atomic mass is 9.84. The molecule has 1 saturated carbocycles. The van der Waals surface area contributed by atoms with Crippen molar-refractivity contribution in [2.24, 2.45) is 11.8 Å². The number of alkyl halides is 2. The number of amides is 1. The predicted molar refractivity (Wildman–Crippen MR) is 125 cm³/mol. The third-order valence-electron chi connectivity index (χ3n) is 7.49. The molecule has 4 heterocycles. The van der Waals surface area contributed by atoms with Gasteiger partial charge in [0.1, 0.15) is 24.1 Å². The van der Waals surface area contributed by atoms with Crippen LogP contribution in [0, 0.1) is 17.7 Å². The Bertz CT molecular complexity index is 1140. The highest BCUT2D eigenvalue weighted by Crippen LogP contribution is 2.40. The molecule has 212 valence electrons. The average Bonchev–Trinajstić information content (AvgIpc) is 3.57. The predicted octanol–water partition coefficient (Wildman–Crippen LogP) is 2.42. The van der Waals surface area contributed by atoms with E-state index < -0.39 is 33.3 Å². The maximum absolute atomic E-state index is 15.3. The largest absolute Gasteiger partial charge is 0.472 e. The first-order valence-corrected chi connectivity index (χ1v) is 14.1. The number of hydrogen-bond donors (Lipinski definition) is 0. The smallest absolute Gasteiger partial charge is 0.410 e. The molecular formula is C23H31F3N4O7S. The van der Waals surface area contributed by atoms with E-state index in [9.17, 15) is 22.0 Å². The minimum atomic E-state index is -4.77. The van der Waals surface area contributed by atoms with E-state index in [1.165, 1.54) is 0 Å². The van der Waals surface area contributed by atoms with Crippen molar-refractivity contribution < 1.29 is 45.3 Å². The molecule has 0 radical (unpaired) electrons. The Morgan fingerprint density at radius 3 is 2.24 bits per heavy atom. The summed E-state index contributed by atoms with van der Waals surface area (Å²) in [4.78, 5) is 22.0. The van der Waals surface area contributed by atoms with Crippen LogP contribution in [0.2, 0.25) is 0 Å². The van der Waals surface area contributed by atoms with E-state index in [4.69, 9.17) is 18.9 Å². The van der Waals surface area contributed by atoms with Crippen molar-refractivity contribution in [1.82, 2.24) is 19.2 Å². The Balaban J connectivity index is 1.20. The molecule has 0 spiro atoms. The quantitative estimate of drug-likeness (QED) is 0.492. The summed E-state index contributed by atoms with van der Waals surface area (Å²) < 4.78 is 89.7. The van der Waals surface area contributed by atoms with Crippen LogP contribution in [0.15, 0.2) is 6.33 Å². The molecule has 1 aromatic rings. The van der Waals surface area contributed by atoms with Crippen molar-refractivity contribution >= 4 is 16.1 Å². The molecule has 2 bridgehead atoms. The number of carbonyl (C=O) groups is 1. The summed E-state index contributed by atoms with van der Waals surface area (Å²) in [5, 5.41) is -3.89. The number of rotatable bonds is 7. The van der Waals surface area contributed by atoms with Gasteiger partial charge in [0.05, 0.1) is 13.2 Å². The topological polar surface area (TPSA) is 120 Å². The molecule has 0 aromatic carbocycles. The van der Waals surface area contributed by atoms with Crippen molar-refractivity contribution in [2.45, 2.75) is 62.6 Å². The number of hydrogen-bond acceptors (Lipinski definition) is 9. The first-order valence-electron chi connectivity index (χ1n) is 12.6. The molecular weight excluding hydrogens is 533 g/mol. The zero-order valence-electron chi connectivity index (χ0n) is 21.1. The molecule has 3 saturated heterocycles. The van der Waals surface area contributed by atoms with Gasteiger partial charge in [-0.1, -0.05) is 0 Å². The van der Waals surface area contributed by atoms with Crippen LogP contribution in [-0.4, -0.2) is 96.1 Å². The Labute approximate surface area is 218 Å². The molecule has 4 fully saturated rings. The molecule has 5 rings (SSSR count). The number of ether oxygens (including phenoxy) is 4. The van der Waals surface area contributed by atoms with Crippen molar-refractivity contribution in [3.05, 3.63) is 12.1 Å². The highest BCUT2D eigenvalue weighted by atomic mass is 32.2. The maximum Gasteiger partial charge on any atom is 0.410 e. The first kappa shape index (κ1) is 27.2. The summed E-state index contributed by atoms with van der Waals surface area (Å²) in [6.07, 6.45) is 1.52. The summed E-state index contributed by atoms with van der Waals surface area (Å²) in [6, 6.07) is 0. The van der Waals surface area contributed by atoms with E-state index in [1.807, 2.05) is 6.92 Å². The Morgan fingerprint density at radius 1 is 1.11 bits per heavy atom. The second kappa shape index (κ2) is 9.97. The van der Waals surface area contributed by atoms with E-state index in [0.717, 1.165) is 19.2 Å². The molecule has 3 aliphatic heterocycles. The van der Waals surface area contributed by atoms with E-state index in [0.29, 0.717) is 37.5 Å². The van der Waals surface area contributed by atoms with Gasteiger partial charge in [0.25, 0.3) is 21.8 Å². The van der Waals surface area contributed by atoms with Gasteiger partial charge in [-0.2, -0.15) is 27.4 Å². The lowest BCUT2D eigenvalue weighted by Gasteiger charge is -2.46. The van der Waals surface area contributed by atoms with Crippen LogP contribution in [0.1, 0.15) is 39.5 Å². The molecule has 1 amide bonds. The van der Waals surface area contributed by atoms with Gasteiger partial charge in [-0.05, 0) is 32.6 Å². The molecule has 38 heavy (non-hydrogen) atoms. The molecule has 1 aromatic heterocycles. The van der Waals surface area contributed by atoms with Crippen LogP contribution in [0.25, 0.3) is 0 Å². The fourth-order valence-corrected chi connectivity index (χ4v) is 6.15. The zero-order valence-corrected chi connectivity index (χ0v) is 22.0. The van der Waals surface area contributed by atoms with Gasteiger partial charge in [0.2, 0.25) is 5.82 Å². The van der Waals surface area contributed by atoms with Gasteiger partial charge in [-0.25, -0.2) is 13.2 Å². The normalized spacial score (nSPS) is 28.0. The first-order chi connectivity index (χ1) is 17.9. The van der Waals surface area contributed by atoms with Crippen molar-refractivity contribution in [3.63, 3.8) is 0 Å². The van der Waals surface area contributed by atoms with E-state index in [1.54, 1.807) is 4.90 Å². The minimum Gasteiger partial charge on any atom is -0.472 e. The Hall–Kier alpha value is -2.39. The number of likely N-dealkylation sites (tertiary alicyclic amines) is 1. The Morgan fingerprint density at radius 2 is 1.68 bits per heavy atom. The number of sulfonamides is 1. The van der Waals surface area contributed by atoms with Gasteiger partial charge < -0.3 is 23.8 Å². The van der Waals surface area contributed by atoms with E-state index >= 15 is 4.39 Å². The SMILES string of the molecule is CC1(OC(=O)N2CC3COCC(C2)C3Oc2ncnc(OC3CCN(S(=O)(=O)C(C)(F)F)CC3)c2F)CC1. The lowest BCUT2D eigenvalue weighted by Crippen LogP contribution is -2.59. The summed E-state index contributed by atoms with van der Waals surface area (Å²) in [7, 11) is -4.77. The zero-order chi connectivity index (χ0) is 27.3. The molecule has 2 unspecified atom stereocenters. The summed E-state index contributed by atoms with van der Waals surface area (Å²) in [5.74, 6) is -2.01. The number of piperidine rings is 2. The molecule has 4 aliphatic rings. The van der Waals surface area contributed by atoms with E-state index in [2.05, 4.69) is 9.97 Å². The summed E-state index contributed by atoms with van der Waals surface area (Å²) in [5.41, 5.74) is -0.386. The van der Waals surface area contributed by atoms with Crippen molar-refractivity contribution in [1.29, 1.82) is 0 Å². The van der Waals surface area contributed by atoms with Gasteiger partial charge in [0.15, 0.2) is 0 Å². The second-order valence-corrected chi connectivity index (χ2v) is 12.9. The molecule has 2 atom stereocenters. The fourth-order valence-electron chi connectivity index (χ4n) is 5.00. The van der Waals surface area contributed by atoms with Crippen LogP contribution in [0.4, 0.5) is 18.0 Å². The van der Waals surface area contributed by atoms with Crippen LogP contribution in [0.5, 0.6) is 11.8 Å². The van der Waals surface area contributed by atoms with Gasteiger partial charge >= 0.3 is 11.3 Å². The van der Waals surface area contributed by atoms with Crippen LogP contribution in [-0.2, 0) is 19.5 Å². The molecule has 1 aliphatic carbocycles. The highest BCUT2D eigenvalue weighted by Gasteiger charge is 2.48. The maximum atomic E-state index is 15.3. The Kier molecular flexibility index (Phi) is 7.14. The number of halogens is 3. The summed E-state index contributed by atoms with van der Waals surface area (Å²) >= 11 is 0. The highest BCUT2D eigenvalue weighted by molar-refractivity contribution is 7.90. The summed E-state index contributed by atoms with van der Waals surface area (Å²) in [6.45, 7) is 3.21. The number of aromatic nitrogens is 2. The van der Waals surface area contributed by atoms with Crippen LogP contribution < -0.4 is 9.47 Å². The molecule has 11 nitrogen and oxygen atoms in total. The number of fused-ring (bicyclic) bond motifs is 2. The lowest BCUT2D eigenvalue weighted by molar-refractivity contribution is -0.112. The second-order valence-electron chi connectivity index (χ2n) is 10.7. The van der Waals surface area contributed by atoms with Crippen molar-refractivity contribution in [3.8, 4) is 11.8 Å². The standard InChI is InChI=1S/C23H31F3N4O7S/c1-22(5-6-22)37-21(31)29-9-14-11-34-12-15(10-29)18(14)36-20-17(24)19(27-13-28-20)35-16-3-7-30(8-4-16)38(32,33)23(2,25)26/h13-16,18H,3-12H2,1-2H3. The van der Waals surface area contributed by atoms with Crippen molar-refractivity contribution in [2.75, 3.05) is 39.4 Å². The third-order valence-corrected chi connectivity index (χ3v) is 9.45. The van der Waals surface area contributed by atoms with Gasteiger partial charge in [-0.15, -0.1) is 0 Å². The average molecular weight is 565 g/mol. The molecule has 0 N–H and O–H groups in total. The third kappa shape index (κ3) is 5.50. The van der Waals surface area contributed by atoms with Crippen LogP contribution >= 0.6 is 0 Å². The molecule has 15 heteroatoms.